The van der Waals surface area contributed by atoms with Crippen molar-refractivity contribution in [3.63, 3.8) is 0 Å². The fourth-order valence-corrected chi connectivity index (χ4v) is 2.30. The van der Waals surface area contributed by atoms with Crippen LogP contribution in [-0.4, -0.2) is 33.6 Å². The highest BCUT2D eigenvalue weighted by Gasteiger charge is 2.16. The molecule has 0 heterocycles. The Morgan fingerprint density at radius 1 is 1.00 bits per heavy atom. The number of hydrogen-bond acceptors (Lipinski definition) is 4. The van der Waals surface area contributed by atoms with Gasteiger partial charge in [-0.15, -0.1) is 0 Å². The number of carbonyl (C=O) groups excluding carboxylic acids is 1. The lowest BCUT2D eigenvalue weighted by Crippen LogP contribution is -2.26. The van der Waals surface area contributed by atoms with Gasteiger partial charge in [-0.05, 0) is 18.9 Å². The summed E-state index contributed by atoms with van der Waals surface area (Å²) in [5.41, 5.74) is 1.52. The average Bonchev–Trinajstić information content (AvgIpc) is 2.53. The minimum absolute atomic E-state index is 0.518. The Morgan fingerprint density at radius 3 is 2.00 bits per heavy atom. The first-order chi connectivity index (χ1) is 10.2. The molecule has 0 aliphatic rings. The summed E-state index contributed by atoms with van der Waals surface area (Å²) in [5.74, 6) is 1.32. The Hall–Kier alpha value is -1.71. The molecule has 0 fully saturated rings. The molecule has 0 atom stereocenters. The van der Waals surface area contributed by atoms with Crippen LogP contribution in [0.3, 0.4) is 0 Å². The Morgan fingerprint density at radius 2 is 1.57 bits per heavy atom. The monoisotopic (exact) mass is 293 g/mol. The summed E-state index contributed by atoms with van der Waals surface area (Å²) in [6.07, 6.45) is 5.35. The second-order valence-electron chi connectivity index (χ2n) is 5.08. The number of ether oxygens (including phenoxy) is 2. The molecule has 0 unspecified atom stereocenters. The minimum Gasteiger partial charge on any atom is -0.496 e. The number of hydrogen-bond donors (Lipinski definition) is 0. The Labute approximate surface area is 128 Å². The zero-order valence-electron chi connectivity index (χ0n) is 13.6. The van der Waals surface area contributed by atoms with Gasteiger partial charge in [0.1, 0.15) is 11.5 Å². The van der Waals surface area contributed by atoms with Crippen LogP contribution in [0.5, 0.6) is 11.5 Å². The third-order valence-corrected chi connectivity index (χ3v) is 3.56. The zero-order valence-corrected chi connectivity index (χ0v) is 13.6. The Kier molecular flexibility index (Phi) is 7.65. The number of anilines is 1. The molecule has 1 aromatic rings. The fraction of sp³-hybridized carbons (Fsp3) is 0.588. The summed E-state index contributed by atoms with van der Waals surface area (Å²) >= 11 is 0. The number of carbonyl (C=O) groups is 1. The molecule has 0 aliphatic heterocycles. The first-order valence-corrected chi connectivity index (χ1v) is 7.67. The van der Waals surface area contributed by atoms with Crippen LogP contribution in [0.25, 0.3) is 0 Å². The predicted molar refractivity (Wildman–Crippen MR) is 87.0 cm³/mol. The Balaban J connectivity index is 3.16. The largest absolute Gasteiger partial charge is 0.496 e. The molecule has 0 N–H and O–H groups in total. The highest BCUT2D eigenvalue weighted by Crippen LogP contribution is 2.35. The molecule has 0 saturated carbocycles. The SMILES string of the molecule is CCCCN(CCCC)c1cc(OC)c(C=O)cc1OC. The van der Waals surface area contributed by atoms with Crippen LogP contribution in [0.15, 0.2) is 12.1 Å². The van der Waals surface area contributed by atoms with Gasteiger partial charge in [-0.2, -0.15) is 0 Å². The number of unbranched alkanes of at least 4 members (excludes halogenated alkanes) is 2. The first-order valence-electron chi connectivity index (χ1n) is 7.67. The van der Waals surface area contributed by atoms with E-state index in [0.29, 0.717) is 11.3 Å². The maximum absolute atomic E-state index is 11.1. The molecule has 0 aromatic heterocycles. The van der Waals surface area contributed by atoms with E-state index in [2.05, 4.69) is 18.7 Å². The lowest BCUT2D eigenvalue weighted by molar-refractivity contribution is 0.112. The van der Waals surface area contributed by atoms with Gasteiger partial charge >= 0.3 is 0 Å². The van der Waals surface area contributed by atoms with Crippen molar-refractivity contribution in [2.24, 2.45) is 0 Å². The number of benzene rings is 1. The highest BCUT2D eigenvalue weighted by molar-refractivity contribution is 5.83. The van der Waals surface area contributed by atoms with Gasteiger partial charge in [0, 0.05) is 19.2 Å². The predicted octanol–water partition coefficient (Wildman–Crippen LogP) is 3.92. The average molecular weight is 293 g/mol. The summed E-state index contributed by atoms with van der Waals surface area (Å²) in [4.78, 5) is 13.5. The summed E-state index contributed by atoms with van der Waals surface area (Å²) in [6, 6.07) is 3.67. The van der Waals surface area contributed by atoms with Crippen molar-refractivity contribution in [3.8, 4) is 11.5 Å². The van der Waals surface area contributed by atoms with Gasteiger partial charge in [-0.3, -0.25) is 4.79 Å². The maximum Gasteiger partial charge on any atom is 0.153 e. The molecular formula is C17H27NO3. The topological polar surface area (TPSA) is 38.8 Å². The van der Waals surface area contributed by atoms with Crippen molar-refractivity contribution < 1.29 is 14.3 Å². The van der Waals surface area contributed by atoms with E-state index in [4.69, 9.17) is 9.47 Å². The fourth-order valence-electron chi connectivity index (χ4n) is 2.30. The molecule has 118 valence electrons. The quantitative estimate of drug-likeness (QED) is 0.613. The molecule has 21 heavy (non-hydrogen) atoms. The second kappa shape index (κ2) is 9.27. The highest BCUT2D eigenvalue weighted by atomic mass is 16.5. The number of methoxy groups -OCH3 is 2. The van der Waals surface area contributed by atoms with Crippen molar-refractivity contribution in [1.82, 2.24) is 0 Å². The van der Waals surface area contributed by atoms with Crippen molar-refractivity contribution >= 4 is 12.0 Å². The third-order valence-electron chi connectivity index (χ3n) is 3.56. The molecule has 4 heteroatoms. The van der Waals surface area contributed by atoms with E-state index < -0.39 is 0 Å². The van der Waals surface area contributed by atoms with Crippen molar-refractivity contribution in [3.05, 3.63) is 17.7 Å². The summed E-state index contributed by atoms with van der Waals surface area (Å²) in [5, 5.41) is 0. The molecule has 0 saturated heterocycles. The molecule has 1 aromatic carbocycles. The zero-order chi connectivity index (χ0) is 15.7. The van der Waals surface area contributed by atoms with Gasteiger partial charge in [0.2, 0.25) is 0 Å². The smallest absolute Gasteiger partial charge is 0.153 e. The van der Waals surface area contributed by atoms with E-state index in [1.165, 1.54) is 0 Å². The van der Waals surface area contributed by atoms with Crippen LogP contribution in [0, 0.1) is 0 Å². The van der Waals surface area contributed by atoms with E-state index in [-0.39, 0.29) is 0 Å². The maximum atomic E-state index is 11.1. The van der Waals surface area contributed by atoms with E-state index in [0.717, 1.165) is 56.5 Å². The lowest BCUT2D eigenvalue weighted by Gasteiger charge is -2.27. The third kappa shape index (κ3) is 4.66. The summed E-state index contributed by atoms with van der Waals surface area (Å²) in [7, 11) is 3.22. The molecule has 4 nitrogen and oxygen atoms in total. The molecule has 0 amide bonds. The summed E-state index contributed by atoms with van der Waals surface area (Å²) < 4.78 is 10.8. The van der Waals surface area contributed by atoms with Gasteiger partial charge in [-0.25, -0.2) is 0 Å². The molecule has 0 radical (unpaired) electrons. The van der Waals surface area contributed by atoms with Gasteiger partial charge in [0.25, 0.3) is 0 Å². The van der Waals surface area contributed by atoms with Crippen LogP contribution >= 0.6 is 0 Å². The van der Waals surface area contributed by atoms with Gasteiger partial charge < -0.3 is 14.4 Å². The molecular weight excluding hydrogens is 266 g/mol. The van der Waals surface area contributed by atoms with Crippen molar-refractivity contribution in [2.75, 3.05) is 32.2 Å². The van der Waals surface area contributed by atoms with Crippen LogP contribution in [-0.2, 0) is 0 Å². The van der Waals surface area contributed by atoms with E-state index in [9.17, 15) is 4.79 Å². The van der Waals surface area contributed by atoms with E-state index in [1.54, 1.807) is 20.3 Å². The minimum atomic E-state index is 0.518. The normalized spacial score (nSPS) is 10.3. The number of aldehydes is 1. The van der Waals surface area contributed by atoms with E-state index in [1.807, 2.05) is 6.07 Å². The van der Waals surface area contributed by atoms with Crippen molar-refractivity contribution in [1.29, 1.82) is 0 Å². The molecule has 1 rings (SSSR count). The van der Waals surface area contributed by atoms with Crippen LogP contribution in [0.2, 0.25) is 0 Å². The molecule has 0 spiro atoms. The molecule has 0 aliphatic carbocycles. The Bertz CT molecular complexity index is 438. The van der Waals surface area contributed by atoms with Crippen molar-refractivity contribution in [2.45, 2.75) is 39.5 Å². The van der Waals surface area contributed by atoms with Crippen LogP contribution < -0.4 is 14.4 Å². The summed E-state index contributed by atoms with van der Waals surface area (Å²) in [6.45, 7) is 6.34. The second-order valence-corrected chi connectivity index (χ2v) is 5.08. The van der Waals surface area contributed by atoms with Gasteiger partial charge in [0.15, 0.2) is 6.29 Å². The van der Waals surface area contributed by atoms with E-state index >= 15 is 0 Å². The number of rotatable bonds is 10. The van der Waals surface area contributed by atoms with Gasteiger partial charge in [-0.1, -0.05) is 26.7 Å². The molecule has 0 bridgehead atoms. The number of nitrogens with zero attached hydrogens (tertiary/aromatic N) is 1. The van der Waals surface area contributed by atoms with Gasteiger partial charge in [0.05, 0.1) is 25.5 Å². The van der Waals surface area contributed by atoms with Crippen LogP contribution in [0.1, 0.15) is 49.9 Å². The first kappa shape index (κ1) is 17.3. The lowest BCUT2D eigenvalue weighted by atomic mass is 10.1. The standard InChI is InChI=1S/C17H27NO3/c1-5-7-9-18(10-8-6-2)15-12-16(20-3)14(13-19)11-17(15)21-4/h11-13H,5-10H2,1-4H3. The van der Waals surface area contributed by atoms with Crippen LogP contribution in [0.4, 0.5) is 5.69 Å².